The molecule has 2 amide bonds. The molecule has 24 heavy (non-hydrogen) atoms. The lowest BCUT2D eigenvalue weighted by Gasteiger charge is -2.39. The van der Waals surface area contributed by atoms with Crippen molar-refractivity contribution < 1.29 is 34.3 Å². The molecule has 0 bridgehead atoms. The van der Waals surface area contributed by atoms with Gasteiger partial charge in [-0.15, -0.1) is 0 Å². The molecule has 9 nitrogen and oxygen atoms in total. The summed E-state index contributed by atoms with van der Waals surface area (Å²) in [5.41, 5.74) is 2.65. The number of halogens is 1. The van der Waals surface area contributed by atoms with Gasteiger partial charge in [0.2, 0.25) is 0 Å². The number of hydrazone groups is 1. The van der Waals surface area contributed by atoms with Crippen LogP contribution in [-0.2, 0) is 4.74 Å². The van der Waals surface area contributed by atoms with Gasteiger partial charge < -0.3 is 30.5 Å². The Kier molecular flexibility index (Phi) is 6.17. The fourth-order valence-corrected chi connectivity index (χ4v) is 2.10. The van der Waals surface area contributed by atoms with E-state index in [-0.39, 0.29) is 0 Å². The van der Waals surface area contributed by atoms with Gasteiger partial charge in [-0.25, -0.2) is 14.6 Å². The SMILES string of the molecule is O=C(N/N=C/c1ccc(F)cc1)N[C@@H]1O[C@H](CO)[C@@H](O)[C@H](O)[C@H]1O. The number of nitrogens with zero attached hydrogens (tertiary/aromatic N) is 1. The number of aliphatic hydroxyl groups excluding tert-OH is 4. The molecule has 1 aromatic carbocycles. The molecule has 0 radical (unpaired) electrons. The third kappa shape index (κ3) is 4.46. The Morgan fingerprint density at radius 3 is 2.50 bits per heavy atom. The van der Waals surface area contributed by atoms with Gasteiger partial charge in [0.1, 0.15) is 30.2 Å². The number of urea groups is 1. The van der Waals surface area contributed by atoms with Crippen LogP contribution >= 0.6 is 0 Å². The van der Waals surface area contributed by atoms with Gasteiger partial charge in [-0.05, 0) is 17.7 Å². The second-order valence-electron chi connectivity index (χ2n) is 5.14. The lowest BCUT2D eigenvalue weighted by molar-refractivity contribution is -0.233. The molecule has 2 rings (SSSR count). The van der Waals surface area contributed by atoms with Gasteiger partial charge in [-0.3, -0.25) is 0 Å². The van der Waals surface area contributed by atoms with Crippen molar-refractivity contribution in [3.8, 4) is 0 Å². The van der Waals surface area contributed by atoms with Crippen LogP contribution in [-0.4, -0.2) is 69.9 Å². The van der Waals surface area contributed by atoms with E-state index in [0.717, 1.165) is 0 Å². The van der Waals surface area contributed by atoms with E-state index in [1.54, 1.807) is 0 Å². The topological polar surface area (TPSA) is 144 Å². The number of ether oxygens (including phenoxy) is 1. The Labute approximate surface area is 136 Å². The van der Waals surface area contributed by atoms with Gasteiger partial charge in [-0.1, -0.05) is 12.1 Å². The van der Waals surface area contributed by atoms with Crippen LogP contribution in [0.4, 0.5) is 9.18 Å². The normalized spacial score (nSPS) is 30.3. The first-order valence-electron chi connectivity index (χ1n) is 7.08. The average molecular weight is 343 g/mol. The zero-order valence-electron chi connectivity index (χ0n) is 12.4. The zero-order valence-corrected chi connectivity index (χ0v) is 12.4. The molecule has 0 aromatic heterocycles. The maximum absolute atomic E-state index is 12.7. The van der Waals surface area contributed by atoms with Crippen LogP contribution in [0.5, 0.6) is 0 Å². The maximum atomic E-state index is 12.7. The predicted octanol–water partition coefficient (Wildman–Crippen LogP) is -1.74. The van der Waals surface area contributed by atoms with Crippen molar-refractivity contribution in [2.75, 3.05) is 6.61 Å². The number of rotatable bonds is 4. The Morgan fingerprint density at radius 1 is 1.21 bits per heavy atom. The molecular weight excluding hydrogens is 325 g/mol. The van der Waals surface area contributed by atoms with Gasteiger partial charge in [0, 0.05) is 0 Å². The molecule has 5 atom stereocenters. The summed E-state index contributed by atoms with van der Waals surface area (Å²) in [6, 6.07) is 4.52. The molecule has 0 saturated carbocycles. The highest BCUT2D eigenvalue weighted by Gasteiger charge is 2.43. The van der Waals surface area contributed by atoms with Crippen molar-refractivity contribution >= 4 is 12.2 Å². The van der Waals surface area contributed by atoms with E-state index >= 15 is 0 Å². The Balaban J connectivity index is 1.88. The van der Waals surface area contributed by atoms with E-state index in [1.807, 2.05) is 0 Å². The lowest BCUT2D eigenvalue weighted by atomic mass is 9.98. The third-order valence-corrected chi connectivity index (χ3v) is 3.42. The molecule has 132 valence electrons. The molecule has 6 N–H and O–H groups in total. The van der Waals surface area contributed by atoms with Crippen molar-refractivity contribution in [3.63, 3.8) is 0 Å². The summed E-state index contributed by atoms with van der Waals surface area (Å²) in [5, 5.41) is 43.9. The molecule has 1 aromatic rings. The highest BCUT2D eigenvalue weighted by atomic mass is 19.1. The molecular formula is C14H18FN3O6. The fraction of sp³-hybridized carbons (Fsp3) is 0.429. The molecule has 0 spiro atoms. The molecule has 1 saturated heterocycles. The van der Waals surface area contributed by atoms with Crippen molar-refractivity contribution in [1.82, 2.24) is 10.7 Å². The van der Waals surface area contributed by atoms with Crippen LogP contribution in [0.1, 0.15) is 5.56 Å². The van der Waals surface area contributed by atoms with Crippen molar-refractivity contribution in [1.29, 1.82) is 0 Å². The Morgan fingerprint density at radius 2 is 1.88 bits per heavy atom. The summed E-state index contributed by atoms with van der Waals surface area (Å²) in [7, 11) is 0. The predicted molar refractivity (Wildman–Crippen MR) is 79.4 cm³/mol. The number of hydrogen-bond acceptors (Lipinski definition) is 7. The lowest BCUT2D eigenvalue weighted by Crippen LogP contribution is -2.63. The molecule has 0 aliphatic carbocycles. The van der Waals surface area contributed by atoms with Gasteiger partial charge in [-0.2, -0.15) is 5.10 Å². The molecule has 1 aliphatic heterocycles. The highest BCUT2D eigenvalue weighted by Crippen LogP contribution is 2.19. The minimum atomic E-state index is -1.59. The molecule has 1 fully saturated rings. The third-order valence-electron chi connectivity index (χ3n) is 3.42. The summed E-state index contributed by atoms with van der Waals surface area (Å²) < 4.78 is 17.8. The average Bonchev–Trinajstić information content (AvgIpc) is 2.57. The number of benzene rings is 1. The number of carbonyl (C=O) groups excluding carboxylic acids is 1. The maximum Gasteiger partial charge on any atom is 0.337 e. The molecule has 1 aliphatic rings. The van der Waals surface area contributed by atoms with E-state index in [4.69, 9.17) is 9.84 Å². The summed E-state index contributed by atoms with van der Waals surface area (Å²) in [4.78, 5) is 11.7. The summed E-state index contributed by atoms with van der Waals surface area (Å²) in [5.74, 6) is -0.402. The van der Waals surface area contributed by atoms with Crippen LogP contribution in [0.2, 0.25) is 0 Å². The second-order valence-corrected chi connectivity index (χ2v) is 5.14. The van der Waals surface area contributed by atoms with Crippen LogP contribution in [0.3, 0.4) is 0 Å². The largest absolute Gasteiger partial charge is 0.394 e. The van der Waals surface area contributed by atoms with Gasteiger partial charge >= 0.3 is 6.03 Å². The summed E-state index contributed by atoms with van der Waals surface area (Å²) in [6.45, 7) is -0.604. The zero-order chi connectivity index (χ0) is 17.7. The molecule has 1 heterocycles. The second kappa shape index (κ2) is 8.13. The van der Waals surface area contributed by atoms with Gasteiger partial charge in [0.15, 0.2) is 6.23 Å². The number of hydrogen-bond donors (Lipinski definition) is 6. The fourth-order valence-electron chi connectivity index (χ4n) is 2.10. The van der Waals surface area contributed by atoms with Gasteiger partial charge in [0.25, 0.3) is 0 Å². The number of nitrogens with one attached hydrogen (secondary N) is 2. The van der Waals surface area contributed by atoms with E-state index in [9.17, 15) is 24.5 Å². The first kappa shape index (κ1) is 18.2. The van der Waals surface area contributed by atoms with E-state index < -0.39 is 49.1 Å². The number of amides is 2. The first-order valence-corrected chi connectivity index (χ1v) is 7.08. The quantitative estimate of drug-likeness (QED) is 0.283. The Bertz CT molecular complexity index is 582. The van der Waals surface area contributed by atoms with E-state index in [1.165, 1.54) is 30.5 Å². The number of carbonyl (C=O) groups is 1. The van der Waals surface area contributed by atoms with Crippen LogP contribution in [0, 0.1) is 5.82 Å². The van der Waals surface area contributed by atoms with E-state index in [2.05, 4.69) is 15.8 Å². The highest BCUT2D eigenvalue weighted by molar-refractivity contribution is 5.81. The number of aliphatic hydroxyl groups is 4. The van der Waals surface area contributed by atoms with E-state index in [0.29, 0.717) is 5.56 Å². The standard InChI is InChI=1S/C14H18FN3O6/c15-8-3-1-7(2-4-8)5-16-18-14(23)17-13-12(22)11(21)10(20)9(6-19)24-13/h1-5,9-13,19-22H,6H2,(H2,17,18,23)/b16-5+/t9-,10-,11+,12-,13-/m1/s1. The van der Waals surface area contributed by atoms with Crippen molar-refractivity contribution in [2.45, 2.75) is 30.6 Å². The van der Waals surface area contributed by atoms with Crippen molar-refractivity contribution in [3.05, 3.63) is 35.6 Å². The monoisotopic (exact) mass is 343 g/mol. The molecule has 10 heteroatoms. The summed E-state index contributed by atoms with van der Waals surface area (Å²) >= 11 is 0. The Hall–Kier alpha value is -2.11. The van der Waals surface area contributed by atoms with Gasteiger partial charge in [0.05, 0.1) is 12.8 Å². The van der Waals surface area contributed by atoms with Crippen LogP contribution in [0.25, 0.3) is 0 Å². The summed E-state index contributed by atoms with van der Waals surface area (Å²) in [6.07, 6.45) is -5.90. The first-order chi connectivity index (χ1) is 11.4. The smallest absolute Gasteiger partial charge is 0.337 e. The minimum absolute atomic E-state index is 0.402. The van der Waals surface area contributed by atoms with Crippen molar-refractivity contribution in [2.24, 2.45) is 5.10 Å². The molecule has 0 unspecified atom stereocenters. The van der Waals surface area contributed by atoms with Crippen LogP contribution < -0.4 is 10.7 Å². The van der Waals surface area contributed by atoms with Crippen LogP contribution in [0.15, 0.2) is 29.4 Å². The minimum Gasteiger partial charge on any atom is -0.394 e.